The average molecular weight is 831 g/mol. The van der Waals surface area contributed by atoms with Gasteiger partial charge in [-0.15, -0.1) is 0 Å². The molecule has 0 aromatic heterocycles. The van der Waals surface area contributed by atoms with Crippen molar-refractivity contribution in [1.82, 2.24) is 0 Å². The number of rotatable bonds is 13. The Bertz CT molecular complexity index is 1080. The van der Waals surface area contributed by atoms with Gasteiger partial charge in [0.1, 0.15) is 146 Å². The summed E-state index contributed by atoms with van der Waals surface area (Å²) < 4.78 is 21.4. The first-order valence-electron chi connectivity index (χ1n) is 17.4. The van der Waals surface area contributed by atoms with Crippen LogP contribution in [0.15, 0.2) is 0 Å². The Morgan fingerprint density at radius 2 is 0.500 bits per heavy atom. The minimum absolute atomic E-state index is 1.18. The molecule has 26 nitrogen and oxygen atoms in total. The van der Waals surface area contributed by atoms with E-state index in [1.165, 1.54) is 0 Å². The Morgan fingerprint density at radius 3 is 0.661 bits per heavy atom. The fourth-order valence-electron chi connectivity index (χ4n) is 7.85. The van der Waals surface area contributed by atoms with Gasteiger partial charge in [-0.2, -0.15) is 0 Å². The van der Waals surface area contributed by atoms with E-state index >= 15 is 0 Å². The van der Waals surface area contributed by atoms with E-state index in [0.29, 0.717) is 0 Å². The SMILES string of the molecule is OC[C@H]1OC(C(O)(C2O[C@H](CO)[C@@H](O)[C@H](O)[C@H]2O)[C@H](O)[C@@H](O)[C@H](O)[C@H](O)C(O)(C2O[C@H](CO)[C@@H](O)[C@H](O)[C@H]2O)C2O[C@H](CO)[C@@H](O)[C@H](O)[C@H]2O)[C@H](O)[C@@H](O)[C@@H]1O. The molecule has 4 aliphatic heterocycles. The van der Waals surface area contributed by atoms with Crippen LogP contribution in [-0.2, 0) is 18.9 Å². The van der Waals surface area contributed by atoms with Gasteiger partial charge in [0.25, 0.3) is 0 Å². The molecule has 0 saturated carbocycles. The van der Waals surface area contributed by atoms with E-state index < -0.39 is 184 Å². The highest BCUT2D eigenvalue weighted by Crippen LogP contribution is 2.43. The van der Waals surface area contributed by atoms with Crippen LogP contribution in [0.4, 0.5) is 0 Å². The topological polar surface area (TPSA) is 482 Å². The highest BCUT2D eigenvalue weighted by molar-refractivity contribution is 5.18. The first kappa shape index (κ1) is 47.6. The standard InChI is InChI=1S/C30H54O26/c31-1-5-9(35)13(39)19(45)25(53-5)29(51,26-20(46)14(40)10(36)6(2-32)54-26)23(49)17(43)18(44)24(50)30(52,27-21(47)15(41)11(37)7(3-33)55-27)28-22(48)16(42)12(38)8(4-34)56-28/h5-28,31-52H,1-4H2/t5-,6-,7-,8-,9-,10-,11-,12-,13+,14+,15+,16+,17+,18+,19-,20-,21-,22-,23-,24+,25?,26?,27?,28?,29?,30?/m1/s1. The monoisotopic (exact) mass is 830 g/mol. The van der Waals surface area contributed by atoms with Crippen molar-refractivity contribution in [2.75, 3.05) is 26.4 Å². The van der Waals surface area contributed by atoms with Gasteiger partial charge in [0.05, 0.1) is 26.4 Å². The molecule has 4 heterocycles. The van der Waals surface area contributed by atoms with Gasteiger partial charge < -0.3 is 131 Å². The molecule has 4 aliphatic rings. The Morgan fingerprint density at radius 1 is 0.321 bits per heavy atom. The molecule has 26 heteroatoms. The molecular formula is C30H54O26. The fraction of sp³-hybridized carbons (Fsp3) is 1.00. The second-order valence-corrected chi connectivity index (χ2v) is 14.6. The summed E-state index contributed by atoms with van der Waals surface area (Å²) in [6.45, 7) is -4.73. The predicted molar refractivity (Wildman–Crippen MR) is 169 cm³/mol. The van der Waals surface area contributed by atoms with Gasteiger partial charge in [0.15, 0.2) is 11.2 Å². The second-order valence-electron chi connectivity index (χ2n) is 14.6. The first-order chi connectivity index (χ1) is 26.0. The molecule has 0 bridgehead atoms. The van der Waals surface area contributed by atoms with Crippen molar-refractivity contribution >= 4 is 0 Å². The van der Waals surface area contributed by atoms with Gasteiger partial charge in [0, 0.05) is 0 Å². The Labute approximate surface area is 315 Å². The van der Waals surface area contributed by atoms with Gasteiger partial charge in [-0.05, 0) is 0 Å². The molecule has 0 spiro atoms. The van der Waals surface area contributed by atoms with Gasteiger partial charge in [-0.3, -0.25) is 0 Å². The highest BCUT2D eigenvalue weighted by Gasteiger charge is 2.69. The highest BCUT2D eigenvalue weighted by atomic mass is 16.6. The molecule has 0 radical (unpaired) electrons. The summed E-state index contributed by atoms with van der Waals surface area (Å²) in [5.74, 6) is 0. The largest absolute Gasteiger partial charge is 0.394 e. The van der Waals surface area contributed by atoms with Crippen LogP contribution >= 0.6 is 0 Å². The van der Waals surface area contributed by atoms with Gasteiger partial charge in [-0.1, -0.05) is 0 Å². The van der Waals surface area contributed by atoms with Crippen LogP contribution in [0.2, 0.25) is 0 Å². The zero-order valence-corrected chi connectivity index (χ0v) is 29.2. The zero-order chi connectivity index (χ0) is 42.5. The maximum absolute atomic E-state index is 12.3. The van der Waals surface area contributed by atoms with Crippen molar-refractivity contribution in [1.29, 1.82) is 0 Å². The van der Waals surface area contributed by atoms with E-state index in [-0.39, 0.29) is 0 Å². The third-order valence-electron chi connectivity index (χ3n) is 11.3. The van der Waals surface area contributed by atoms with Crippen LogP contribution in [0.1, 0.15) is 0 Å². The van der Waals surface area contributed by atoms with Crippen molar-refractivity contribution < 1.29 is 131 Å². The molecule has 4 unspecified atom stereocenters. The summed E-state index contributed by atoms with van der Waals surface area (Å²) in [4.78, 5) is 0. The lowest BCUT2D eigenvalue weighted by Crippen LogP contribution is -2.80. The second kappa shape index (κ2) is 18.3. The number of ether oxygens (including phenoxy) is 4. The van der Waals surface area contributed by atoms with E-state index in [2.05, 4.69) is 0 Å². The number of aliphatic hydroxyl groups is 22. The molecule has 0 aromatic carbocycles. The van der Waals surface area contributed by atoms with Crippen molar-refractivity contribution in [3.63, 3.8) is 0 Å². The van der Waals surface area contributed by atoms with E-state index in [1.54, 1.807) is 0 Å². The lowest BCUT2D eigenvalue weighted by Gasteiger charge is -2.56. The van der Waals surface area contributed by atoms with Crippen LogP contribution in [0.3, 0.4) is 0 Å². The molecule has 4 saturated heterocycles. The fourth-order valence-corrected chi connectivity index (χ4v) is 7.85. The van der Waals surface area contributed by atoms with E-state index in [9.17, 15) is 112 Å². The third-order valence-corrected chi connectivity index (χ3v) is 11.3. The lowest BCUT2D eigenvalue weighted by atomic mass is 9.69. The summed E-state index contributed by atoms with van der Waals surface area (Å²) in [5.41, 5.74) is -7.57. The quantitative estimate of drug-likeness (QED) is 0.0819. The number of hydrogen-bond donors (Lipinski definition) is 22. The molecular weight excluding hydrogens is 776 g/mol. The molecule has 4 rings (SSSR count). The maximum atomic E-state index is 12.3. The summed E-state index contributed by atoms with van der Waals surface area (Å²) in [6.07, 6.45) is -60.0. The minimum Gasteiger partial charge on any atom is -0.394 e. The van der Waals surface area contributed by atoms with Crippen molar-refractivity contribution in [2.24, 2.45) is 0 Å². The summed E-state index contributed by atoms with van der Waals surface area (Å²) in [6, 6.07) is 0. The molecule has 22 N–H and O–H groups in total. The average Bonchev–Trinajstić information content (AvgIpc) is 3.18. The maximum Gasteiger partial charge on any atom is 0.150 e. The molecule has 24 atom stereocenters. The van der Waals surface area contributed by atoms with Gasteiger partial charge in [0.2, 0.25) is 0 Å². The van der Waals surface area contributed by atoms with E-state index in [4.69, 9.17) is 18.9 Å². The van der Waals surface area contributed by atoms with Crippen LogP contribution < -0.4 is 0 Å². The lowest BCUT2D eigenvalue weighted by molar-refractivity contribution is -0.358. The molecule has 0 aliphatic carbocycles. The molecule has 330 valence electrons. The van der Waals surface area contributed by atoms with Crippen LogP contribution in [-0.4, -0.2) is 296 Å². The number of aliphatic hydroxyl groups excluding tert-OH is 20. The predicted octanol–water partition coefficient (Wildman–Crippen LogP) is -14.7. The Hall–Kier alpha value is -1.04. The zero-order valence-electron chi connectivity index (χ0n) is 29.2. The summed E-state index contributed by atoms with van der Waals surface area (Å²) in [7, 11) is 0. The Kier molecular flexibility index (Phi) is 15.6. The van der Waals surface area contributed by atoms with Crippen LogP contribution in [0.25, 0.3) is 0 Å². The minimum atomic E-state index is -3.79. The van der Waals surface area contributed by atoms with Gasteiger partial charge >= 0.3 is 0 Å². The Balaban J connectivity index is 1.86. The molecule has 4 fully saturated rings. The van der Waals surface area contributed by atoms with Crippen LogP contribution in [0, 0.1) is 0 Å². The summed E-state index contributed by atoms with van der Waals surface area (Å²) >= 11 is 0. The van der Waals surface area contributed by atoms with Crippen molar-refractivity contribution in [3.05, 3.63) is 0 Å². The van der Waals surface area contributed by atoms with E-state index in [1.807, 2.05) is 0 Å². The molecule has 56 heavy (non-hydrogen) atoms. The van der Waals surface area contributed by atoms with Crippen LogP contribution in [0.5, 0.6) is 0 Å². The molecule has 0 aromatic rings. The normalized spacial score (nSPS) is 49.6. The number of hydrogen-bond acceptors (Lipinski definition) is 26. The molecule has 0 amide bonds. The van der Waals surface area contributed by atoms with Crippen molar-refractivity contribution in [3.8, 4) is 0 Å². The van der Waals surface area contributed by atoms with E-state index in [0.717, 1.165) is 0 Å². The third kappa shape index (κ3) is 7.85. The van der Waals surface area contributed by atoms with Gasteiger partial charge in [-0.25, -0.2) is 0 Å². The smallest absolute Gasteiger partial charge is 0.150 e. The van der Waals surface area contributed by atoms with Crippen molar-refractivity contribution in [2.45, 2.75) is 158 Å². The first-order valence-corrected chi connectivity index (χ1v) is 17.4. The summed E-state index contributed by atoms with van der Waals surface area (Å²) in [5, 5.41) is 237.